The van der Waals surface area contributed by atoms with Crippen molar-refractivity contribution in [2.45, 2.75) is 6.42 Å². The highest BCUT2D eigenvalue weighted by molar-refractivity contribution is 6.10. The summed E-state index contributed by atoms with van der Waals surface area (Å²) in [7, 11) is 0. The lowest BCUT2D eigenvalue weighted by Gasteiger charge is -2.22. The van der Waals surface area contributed by atoms with Crippen molar-refractivity contribution < 1.29 is 9.53 Å². The van der Waals surface area contributed by atoms with Crippen LogP contribution in [-0.4, -0.2) is 19.1 Å². The van der Waals surface area contributed by atoms with Gasteiger partial charge in [0.05, 0.1) is 23.5 Å². The van der Waals surface area contributed by atoms with Gasteiger partial charge in [-0.2, -0.15) is 0 Å². The van der Waals surface area contributed by atoms with Crippen LogP contribution in [0.15, 0.2) is 48.5 Å². The highest BCUT2D eigenvalue weighted by atomic mass is 16.5. The molecule has 0 radical (unpaired) electrons. The predicted molar refractivity (Wildman–Crippen MR) is 82.5 cm³/mol. The van der Waals surface area contributed by atoms with Crippen LogP contribution in [0.2, 0.25) is 0 Å². The van der Waals surface area contributed by atoms with E-state index in [1.54, 1.807) is 17.0 Å². The summed E-state index contributed by atoms with van der Waals surface area (Å²) in [4.78, 5) is 14.6. The van der Waals surface area contributed by atoms with Gasteiger partial charge >= 0.3 is 0 Å². The Balaban J connectivity index is 2.01. The zero-order valence-electron chi connectivity index (χ0n) is 11.6. The molecule has 0 unspecified atom stereocenters. The first-order chi connectivity index (χ1) is 10.3. The van der Waals surface area contributed by atoms with Crippen LogP contribution in [-0.2, 0) is 0 Å². The van der Waals surface area contributed by atoms with Gasteiger partial charge in [0, 0.05) is 6.54 Å². The lowest BCUT2D eigenvalue weighted by molar-refractivity contribution is 0.0988. The minimum atomic E-state index is -0.0819. The van der Waals surface area contributed by atoms with Crippen LogP contribution < -0.4 is 20.9 Å². The normalized spacial score (nSPS) is 13.9. The first-order valence-corrected chi connectivity index (χ1v) is 6.90. The molecule has 0 bridgehead atoms. The van der Waals surface area contributed by atoms with Crippen molar-refractivity contribution in [1.29, 1.82) is 0 Å². The fourth-order valence-electron chi connectivity index (χ4n) is 2.48. The monoisotopic (exact) mass is 283 g/mol. The molecule has 5 nitrogen and oxygen atoms in total. The molecule has 2 aromatic rings. The van der Waals surface area contributed by atoms with Crippen molar-refractivity contribution >= 4 is 17.3 Å². The molecular weight excluding hydrogens is 266 g/mol. The van der Waals surface area contributed by atoms with Crippen LogP contribution in [0.5, 0.6) is 5.75 Å². The molecule has 3 rings (SSSR count). The fraction of sp³-hybridized carbons (Fsp3) is 0.188. The van der Waals surface area contributed by atoms with Gasteiger partial charge in [0.25, 0.3) is 5.91 Å². The summed E-state index contributed by atoms with van der Waals surface area (Å²) in [5.74, 6) is 6.15. The highest BCUT2D eigenvalue weighted by Crippen LogP contribution is 2.32. The number of rotatable bonds is 2. The second-order valence-electron chi connectivity index (χ2n) is 4.82. The maximum Gasteiger partial charge on any atom is 0.260 e. The molecule has 5 heteroatoms. The summed E-state index contributed by atoms with van der Waals surface area (Å²) in [6.07, 6.45) is 0.790. The zero-order chi connectivity index (χ0) is 14.7. The molecule has 2 aromatic carbocycles. The summed E-state index contributed by atoms with van der Waals surface area (Å²) < 4.78 is 5.69. The Morgan fingerprint density at radius 3 is 2.76 bits per heavy atom. The maximum absolute atomic E-state index is 12.9. The van der Waals surface area contributed by atoms with Crippen LogP contribution in [0.25, 0.3) is 0 Å². The minimum Gasteiger partial charge on any atom is -0.491 e. The SMILES string of the molecule is NNc1ccccc1C(=O)N1CCCOc2ccccc21. The number of carbonyl (C=O) groups excluding carboxylic acids is 1. The predicted octanol–water partition coefficient (Wildman–Crippen LogP) is 2.40. The number of hydrogen-bond donors (Lipinski definition) is 2. The van der Waals surface area contributed by atoms with Gasteiger partial charge in [-0.05, 0) is 30.7 Å². The molecule has 0 aromatic heterocycles. The number of nitrogen functional groups attached to an aromatic ring is 1. The minimum absolute atomic E-state index is 0.0819. The van der Waals surface area contributed by atoms with E-state index in [9.17, 15) is 4.79 Å². The van der Waals surface area contributed by atoms with E-state index < -0.39 is 0 Å². The van der Waals surface area contributed by atoms with Crippen molar-refractivity contribution in [3.05, 3.63) is 54.1 Å². The molecule has 0 saturated carbocycles. The van der Waals surface area contributed by atoms with E-state index in [2.05, 4.69) is 5.43 Å². The van der Waals surface area contributed by atoms with Gasteiger partial charge < -0.3 is 15.1 Å². The molecule has 0 fully saturated rings. The van der Waals surface area contributed by atoms with Gasteiger partial charge in [-0.3, -0.25) is 10.6 Å². The van der Waals surface area contributed by atoms with Crippen LogP contribution >= 0.6 is 0 Å². The number of nitrogens with one attached hydrogen (secondary N) is 1. The van der Waals surface area contributed by atoms with E-state index >= 15 is 0 Å². The quantitative estimate of drug-likeness (QED) is 0.656. The number of para-hydroxylation sites is 3. The van der Waals surface area contributed by atoms with Crippen molar-refractivity contribution in [3.8, 4) is 5.75 Å². The number of benzene rings is 2. The maximum atomic E-state index is 12.9. The lowest BCUT2D eigenvalue weighted by atomic mass is 10.1. The van der Waals surface area contributed by atoms with Crippen LogP contribution in [0.3, 0.4) is 0 Å². The number of nitrogens with zero attached hydrogens (tertiary/aromatic N) is 1. The largest absolute Gasteiger partial charge is 0.491 e. The number of carbonyl (C=O) groups is 1. The summed E-state index contributed by atoms with van der Waals surface area (Å²) in [5, 5.41) is 0. The van der Waals surface area contributed by atoms with Crippen molar-refractivity contribution in [3.63, 3.8) is 0 Å². The van der Waals surface area contributed by atoms with Crippen molar-refractivity contribution in [1.82, 2.24) is 0 Å². The van der Waals surface area contributed by atoms with Gasteiger partial charge in [-0.1, -0.05) is 24.3 Å². The summed E-state index contributed by atoms with van der Waals surface area (Å²) in [5.41, 5.74) is 4.54. The molecule has 21 heavy (non-hydrogen) atoms. The Kier molecular flexibility index (Phi) is 3.75. The molecule has 0 spiro atoms. The third-order valence-corrected chi connectivity index (χ3v) is 3.50. The number of hydrogen-bond acceptors (Lipinski definition) is 4. The number of fused-ring (bicyclic) bond motifs is 1. The number of hydrazine groups is 1. The molecule has 0 saturated heterocycles. The number of nitrogens with two attached hydrogens (primary N) is 1. The molecule has 1 heterocycles. The third kappa shape index (κ3) is 2.55. The van der Waals surface area contributed by atoms with Gasteiger partial charge in [0.1, 0.15) is 5.75 Å². The molecule has 0 aliphatic carbocycles. The Bertz CT molecular complexity index is 657. The standard InChI is InChI=1S/C16H17N3O2/c17-18-13-7-2-1-6-12(13)16(20)19-10-5-11-21-15-9-4-3-8-14(15)19/h1-4,6-9,18H,5,10-11,17H2. The van der Waals surface area contributed by atoms with Gasteiger partial charge in [-0.25, -0.2) is 0 Å². The van der Waals surface area contributed by atoms with Crippen molar-refractivity contribution in [2.24, 2.45) is 5.84 Å². The Hall–Kier alpha value is -2.53. The van der Waals surface area contributed by atoms with Gasteiger partial charge in [-0.15, -0.1) is 0 Å². The van der Waals surface area contributed by atoms with E-state index in [-0.39, 0.29) is 5.91 Å². The molecule has 1 amide bonds. The molecular formula is C16H17N3O2. The second-order valence-corrected chi connectivity index (χ2v) is 4.82. The average Bonchev–Trinajstić information content (AvgIpc) is 2.76. The Morgan fingerprint density at radius 1 is 1.14 bits per heavy atom. The average molecular weight is 283 g/mol. The first-order valence-electron chi connectivity index (χ1n) is 6.90. The summed E-state index contributed by atoms with van der Waals surface area (Å²) in [6.45, 7) is 1.23. The summed E-state index contributed by atoms with van der Waals surface area (Å²) >= 11 is 0. The molecule has 1 aliphatic heterocycles. The molecule has 108 valence electrons. The van der Waals surface area contributed by atoms with E-state index in [1.165, 1.54) is 0 Å². The Morgan fingerprint density at radius 2 is 1.90 bits per heavy atom. The zero-order valence-corrected chi connectivity index (χ0v) is 11.6. The number of amides is 1. The highest BCUT2D eigenvalue weighted by Gasteiger charge is 2.24. The van der Waals surface area contributed by atoms with E-state index in [1.807, 2.05) is 36.4 Å². The lowest BCUT2D eigenvalue weighted by Crippen LogP contribution is -2.32. The third-order valence-electron chi connectivity index (χ3n) is 3.50. The molecule has 3 N–H and O–H groups in total. The topological polar surface area (TPSA) is 67.6 Å². The summed E-state index contributed by atoms with van der Waals surface area (Å²) in [6, 6.07) is 14.8. The van der Waals surface area contributed by atoms with Crippen LogP contribution in [0.4, 0.5) is 11.4 Å². The van der Waals surface area contributed by atoms with Crippen LogP contribution in [0, 0.1) is 0 Å². The van der Waals surface area contributed by atoms with Crippen molar-refractivity contribution in [2.75, 3.05) is 23.5 Å². The van der Waals surface area contributed by atoms with E-state index in [4.69, 9.17) is 10.6 Å². The Labute approximate surface area is 123 Å². The number of anilines is 2. The second kappa shape index (κ2) is 5.85. The van der Waals surface area contributed by atoms with Gasteiger partial charge in [0.15, 0.2) is 0 Å². The van der Waals surface area contributed by atoms with E-state index in [0.29, 0.717) is 24.4 Å². The number of ether oxygens (including phenoxy) is 1. The fourth-order valence-corrected chi connectivity index (χ4v) is 2.48. The molecule has 1 aliphatic rings. The first kappa shape index (κ1) is 13.5. The van der Waals surface area contributed by atoms with Gasteiger partial charge in [0.2, 0.25) is 0 Å². The molecule has 0 atom stereocenters. The van der Waals surface area contributed by atoms with Crippen LogP contribution in [0.1, 0.15) is 16.8 Å². The van der Waals surface area contributed by atoms with E-state index in [0.717, 1.165) is 17.9 Å². The smallest absolute Gasteiger partial charge is 0.260 e.